The molecule has 2 amide bonds. The lowest BCUT2D eigenvalue weighted by atomic mass is 10.1. The van der Waals surface area contributed by atoms with Crippen LogP contribution in [0.25, 0.3) is 0 Å². The molecule has 2 aromatic carbocycles. The van der Waals surface area contributed by atoms with Crippen molar-refractivity contribution in [3.63, 3.8) is 0 Å². The van der Waals surface area contributed by atoms with Crippen molar-refractivity contribution in [3.05, 3.63) is 59.7 Å². The van der Waals surface area contributed by atoms with Gasteiger partial charge in [0.15, 0.2) is 0 Å². The summed E-state index contributed by atoms with van der Waals surface area (Å²) in [4.78, 5) is 25.9. The van der Waals surface area contributed by atoms with E-state index < -0.39 is 45.8 Å². The summed E-state index contributed by atoms with van der Waals surface area (Å²) in [5.41, 5.74) is -1.24. The molecule has 1 N–H and O–H groups in total. The lowest BCUT2D eigenvalue weighted by Gasteiger charge is -2.19. The Bertz CT molecular complexity index is 1100. The standard InChI is InChI=1S/C21H22F3N3O4S/c1-26(14-19(28)25-18-7-3-2-6-17(18)21(22,23)24)20(29)15-8-10-16(11-9-15)32(30,31)27-12-4-5-13-27/h2-3,6-11H,4-5,12-14H2,1H3,(H,25,28). The van der Waals surface area contributed by atoms with Crippen molar-refractivity contribution in [2.75, 3.05) is 32.0 Å². The highest BCUT2D eigenvalue weighted by Gasteiger charge is 2.33. The molecule has 172 valence electrons. The Morgan fingerprint density at radius 3 is 2.22 bits per heavy atom. The Morgan fingerprint density at radius 2 is 1.62 bits per heavy atom. The molecule has 11 heteroatoms. The number of halogens is 3. The highest BCUT2D eigenvalue weighted by molar-refractivity contribution is 7.89. The van der Waals surface area contributed by atoms with Crippen LogP contribution in [0.4, 0.5) is 18.9 Å². The van der Waals surface area contributed by atoms with Crippen molar-refractivity contribution in [3.8, 4) is 0 Å². The molecule has 0 spiro atoms. The lowest BCUT2D eigenvalue weighted by Crippen LogP contribution is -2.35. The summed E-state index contributed by atoms with van der Waals surface area (Å²) in [6, 6.07) is 9.89. The molecule has 0 atom stereocenters. The Hall–Kier alpha value is -2.92. The van der Waals surface area contributed by atoms with Crippen molar-refractivity contribution >= 4 is 27.5 Å². The Balaban J connectivity index is 1.65. The molecule has 0 aliphatic carbocycles. The van der Waals surface area contributed by atoms with Crippen LogP contribution in [0, 0.1) is 0 Å². The molecule has 1 saturated heterocycles. The average Bonchev–Trinajstić information content (AvgIpc) is 3.28. The van der Waals surface area contributed by atoms with Crippen LogP contribution in [0.15, 0.2) is 53.4 Å². The molecular weight excluding hydrogens is 447 g/mol. The first-order chi connectivity index (χ1) is 15.0. The van der Waals surface area contributed by atoms with Gasteiger partial charge in [0.25, 0.3) is 5.91 Å². The number of rotatable bonds is 6. The van der Waals surface area contributed by atoms with Crippen LogP contribution in [0.3, 0.4) is 0 Å². The highest BCUT2D eigenvalue weighted by atomic mass is 32.2. The molecule has 32 heavy (non-hydrogen) atoms. The third-order valence-electron chi connectivity index (χ3n) is 5.04. The minimum atomic E-state index is -4.64. The van der Waals surface area contributed by atoms with E-state index in [2.05, 4.69) is 5.32 Å². The molecule has 1 aliphatic heterocycles. The van der Waals surface area contributed by atoms with Gasteiger partial charge in [0, 0.05) is 25.7 Å². The number of hydrogen-bond donors (Lipinski definition) is 1. The summed E-state index contributed by atoms with van der Waals surface area (Å²) in [5.74, 6) is -1.37. The third-order valence-corrected chi connectivity index (χ3v) is 6.95. The van der Waals surface area contributed by atoms with Crippen LogP contribution < -0.4 is 5.32 Å². The summed E-state index contributed by atoms with van der Waals surface area (Å²) in [6.45, 7) is 0.426. The number of nitrogens with zero attached hydrogens (tertiary/aromatic N) is 2. The fraction of sp³-hybridized carbons (Fsp3) is 0.333. The first-order valence-corrected chi connectivity index (χ1v) is 11.3. The molecule has 1 aliphatic rings. The summed E-state index contributed by atoms with van der Waals surface area (Å²) in [7, 11) is -2.29. The molecule has 0 unspecified atom stereocenters. The number of carbonyl (C=O) groups excluding carboxylic acids is 2. The maximum Gasteiger partial charge on any atom is 0.418 e. The van der Waals surface area contributed by atoms with Crippen molar-refractivity contribution in [2.45, 2.75) is 23.9 Å². The summed E-state index contributed by atoms with van der Waals surface area (Å²) < 4.78 is 65.7. The van der Waals surface area contributed by atoms with E-state index in [4.69, 9.17) is 0 Å². The number of likely N-dealkylation sites (N-methyl/N-ethyl adjacent to an activating group) is 1. The first-order valence-electron chi connectivity index (χ1n) is 9.82. The molecule has 1 heterocycles. The van der Waals surface area contributed by atoms with Crippen LogP contribution in [-0.4, -0.2) is 56.1 Å². The molecule has 0 radical (unpaired) electrons. The van der Waals surface area contributed by atoms with Gasteiger partial charge in [-0.2, -0.15) is 17.5 Å². The van der Waals surface area contributed by atoms with Crippen LogP contribution in [0.1, 0.15) is 28.8 Å². The lowest BCUT2D eigenvalue weighted by molar-refractivity contribution is -0.137. The number of anilines is 1. The van der Waals surface area contributed by atoms with Crippen molar-refractivity contribution in [1.82, 2.24) is 9.21 Å². The second-order valence-corrected chi connectivity index (χ2v) is 9.33. The van der Waals surface area contributed by atoms with E-state index in [0.29, 0.717) is 13.1 Å². The third kappa shape index (κ3) is 5.28. The van der Waals surface area contributed by atoms with E-state index in [1.807, 2.05) is 0 Å². The predicted octanol–water partition coefficient (Wildman–Crippen LogP) is 3.20. The number of benzene rings is 2. The molecule has 0 aromatic heterocycles. The zero-order chi connectivity index (χ0) is 23.5. The molecule has 0 bridgehead atoms. The fourth-order valence-corrected chi connectivity index (χ4v) is 4.90. The summed E-state index contributed by atoms with van der Waals surface area (Å²) in [6.07, 6.45) is -3.03. The zero-order valence-corrected chi connectivity index (χ0v) is 18.0. The van der Waals surface area contributed by atoms with Gasteiger partial charge in [-0.25, -0.2) is 8.42 Å². The van der Waals surface area contributed by atoms with Crippen molar-refractivity contribution in [2.24, 2.45) is 0 Å². The maximum absolute atomic E-state index is 13.1. The normalized spacial score (nSPS) is 14.9. The van der Waals surface area contributed by atoms with E-state index in [1.165, 1.54) is 47.8 Å². The van der Waals surface area contributed by atoms with Gasteiger partial charge in [-0.15, -0.1) is 0 Å². The fourth-order valence-electron chi connectivity index (χ4n) is 3.38. The van der Waals surface area contributed by atoms with E-state index in [9.17, 15) is 31.2 Å². The summed E-state index contributed by atoms with van der Waals surface area (Å²) >= 11 is 0. The van der Waals surface area contributed by atoms with E-state index >= 15 is 0 Å². The second kappa shape index (κ2) is 9.29. The Labute approximate surface area is 183 Å². The Kier molecular flexibility index (Phi) is 6.89. The van der Waals surface area contributed by atoms with Crippen LogP contribution in [0.2, 0.25) is 0 Å². The van der Waals surface area contributed by atoms with Gasteiger partial charge in [-0.3, -0.25) is 9.59 Å². The van der Waals surface area contributed by atoms with Crippen molar-refractivity contribution in [1.29, 1.82) is 0 Å². The van der Waals surface area contributed by atoms with Gasteiger partial charge in [0.1, 0.15) is 0 Å². The van der Waals surface area contributed by atoms with Gasteiger partial charge >= 0.3 is 6.18 Å². The van der Waals surface area contributed by atoms with Gasteiger partial charge < -0.3 is 10.2 Å². The van der Waals surface area contributed by atoms with Crippen LogP contribution in [0.5, 0.6) is 0 Å². The SMILES string of the molecule is CN(CC(=O)Nc1ccccc1C(F)(F)F)C(=O)c1ccc(S(=O)(=O)N2CCCC2)cc1. The number of nitrogens with one attached hydrogen (secondary N) is 1. The smallest absolute Gasteiger partial charge is 0.332 e. The number of hydrogen-bond acceptors (Lipinski definition) is 4. The van der Waals surface area contributed by atoms with Gasteiger partial charge in [-0.05, 0) is 49.2 Å². The van der Waals surface area contributed by atoms with Gasteiger partial charge in [0.05, 0.1) is 22.7 Å². The monoisotopic (exact) mass is 469 g/mol. The molecule has 1 fully saturated rings. The van der Waals surface area contributed by atoms with E-state index in [-0.39, 0.29) is 10.5 Å². The number of carbonyl (C=O) groups is 2. The topological polar surface area (TPSA) is 86.8 Å². The zero-order valence-electron chi connectivity index (χ0n) is 17.2. The average molecular weight is 469 g/mol. The highest BCUT2D eigenvalue weighted by Crippen LogP contribution is 2.34. The maximum atomic E-state index is 13.1. The minimum Gasteiger partial charge on any atom is -0.332 e. The molecular formula is C21H22F3N3O4S. The number of para-hydroxylation sites is 1. The molecule has 7 nitrogen and oxygen atoms in total. The number of sulfonamides is 1. The predicted molar refractivity (Wildman–Crippen MR) is 111 cm³/mol. The van der Waals surface area contributed by atoms with E-state index in [0.717, 1.165) is 29.9 Å². The number of amides is 2. The quantitative estimate of drug-likeness (QED) is 0.704. The van der Waals surface area contributed by atoms with Gasteiger partial charge in [-0.1, -0.05) is 12.1 Å². The minimum absolute atomic E-state index is 0.0695. The largest absolute Gasteiger partial charge is 0.418 e. The number of alkyl halides is 3. The van der Waals surface area contributed by atoms with E-state index in [1.54, 1.807) is 0 Å². The first kappa shape index (κ1) is 23.7. The molecule has 3 rings (SSSR count). The summed E-state index contributed by atoms with van der Waals surface area (Å²) in [5, 5.41) is 2.18. The second-order valence-electron chi connectivity index (χ2n) is 7.39. The molecule has 2 aromatic rings. The Morgan fingerprint density at radius 1 is 1.03 bits per heavy atom. The molecule has 0 saturated carbocycles. The van der Waals surface area contributed by atoms with Gasteiger partial charge in [0.2, 0.25) is 15.9 Å². The van der Waals surface area contributed by atoms with Crippen LogP contribution in [-0.2, 0) is 21.0 Å². The van der Waals surface area contributed by atoms with Crippen LogP contribution >= 0.6 is 0 Å². The van der Waals surface area contributed by atoms with Crippen molar-refractivity contribution < 1.29 is 31.2 Å².